The quantitative estimate of drug-likeness (QED) is 0.690. The summed E-state index contributed by atoms with van der Waals surface area (Å²) in [5.74, 6) is 2.09. The Balaban J connectivity index is 1.62. The Labute approximate surface area is 186 Å². The number of hydrogen-bond donors (Lipinski definition) is 0. The molecule has 0 aromatic carbocycles. The van der Waals surface area contributed by atoms with E-state index in [1.807, 2.05) is 11.8 Å². The van der Waals surface area contributed by atoms with Crippen LogP contribution in [0.2, 0.25) is 0 Å². The van der Waals surface area contributed by atoms with Crippen molar-refractivity contribution in [3.8, 4) is 0 Å². The minimum absolute atomic E-state index is 0.0546. The lowest BCUT2D eigenvalue weighted by Gasteiger charge is -2.35. The Hall–Kier alpha value is -1.58. The molecule has 0 bridgehead atoms. The highest BCUT2D eigenvalue weighted by Gasteiger charge is 2.35. The smallest absolute Gasteiger partial charge is 0.281 e. The molecule has 0 radical (unpaired) electrons. The molecule has 1 amide bonds. The standard InChI is InChI=1S/C22H35N5O3S/c1-16-19-11-12-20(28)27(14-17-8-5-4-6-9-17)22(19)24-21(23-16)18-10-7-13-26(15-18)31(29,30)25(2)3/h17-18H,4-15H2,1-3H3/t18-/m1/s1. The van der Waals surface area contributed by atoms with E-state index in [0.717, 1.165) is 36.5 Å². The van der Waals surface area contributed by atoms with Crippen molar-refractivity contribution in [3.63, 3.8) is 0 Å². The molecule has 2 fully saturated rings. The largest absolute Gasteiger partial charge is 0.296 e. The van der Waals surface area contributed by atoms with Gasteiger partial charge in [-0.15, -0.1) is 0 Å². The van der Waals surface area contributed by atoms with Crippen molar-refractivity contribution in [2.45, 2.75) is 70.6 Å². The topological polar surface area (TPSA) is 86.7 Å². The minimum Gasteiger partial charge on any atom is -0.296 e. The van der Waals surface area contributed by atoms with Crippen LogP contribution in [-0.4, -0.2) is 66.6 Å². The second-order valence-electron chi connectivity index (χ2n) is 9.47. The van der Waals surface area contributed by atoms with Gasteiger partial charge < -0.3 is 0 Å². The number of hydrogen-bond acceptors (Lipinski definition) is 5. The van der Waals surface area contributed by atoms with Crippen molar-refractivity contribution in [2.75, 3.05) is 38.6 Å². The van der Waals surface area contributed by atoms with Crippen LogP contribution in [0, 0.1) is 12.8 Å². The van der Waals surface area contributed by atoms with Crippen LogP contribution in [-0.2, 0) is 21.4 Å². The first-order chi connectivity index (χ1) is 14.8. The van der Waals surface area contributed by atoms with Gasteiger partial charge in [-0.1, -0.05) is 19.3 Å². The third kappa shape index (κ3) is 4.64. The summed E-state index contributed by atoms with van der Waals surface area (Å²) in [4.78, 5) is 24.5. The summed E-state index contributed by atoms with van der Waals surface area (Å²) >= 11 is 0. The van der Waals surface area contributed by atoms with Gasteiger partial charge in [0.25, 0.3) is 10.2 Å². The number of aromatic nitrogens is 2. The monoisotopic (exact) mass is 449 g/mol. The zero-order valence-electron chi connectivity index (χ0n) is 19.0. The van der Waals surface area contributed by atoms with E-state index in [1.54, 1.807) is 14.1 Å². The van der Waals surface area contributed by atoms with E-state index < -0.39 is 10.2 Å². The summed E-state index contributed by atoms with van der Waals surface area (Å²) in [7, 11) is -0.335. The molecule has 2 aliphatic heterocycles. The van der Waals surface area contributed by atoms with E-state index in [9.17, 15) is 13.2 Å². The molecule has 1 atom stereocenters. The molecular weight excluding hydrogens is 414 g/mol. The van der Waals surface area contributed by atoms with Crippen LogP contribution in [0.25, 0.3) is 0 Å². The maximum absolute atomic E-state index is 12.9. The number of amides is 1. The number of rotatable bonds is 5. The molecule has 0 unspecified atom stereocenters. The zero-order chi connectivity index (χ0) is 22.2. The molecule has 1 aromatic heterocycles. The summed E-state index contributed by atoms with van der Waals surface area (Å²) in [6.07, 6.45) is 8.97. The van der Waals surface area contributed by atoms with Crippen molar-refractivity contribution >= 4 is 21.9 Å². The average molecular weight is 450 g/mol. The lowest BCUT2D eigenvalue weighted by molar-refractivity contribution is -0.119. The fourth-order valence-corrected chi connectivity index (χ4v) is 6.39. The highest BCUT2D eigenvalue weighted by atomic mass is 32.2. The van der Waals surface area contributed by atoms with Gasteiger partial charge in [-0.3, -0.25) is 9.69 Å². The predicted molar refractivity (Wildman–Crippen MR) is 120 cm³/mol. The van der Waals surface area contributed by atoms with Crippen LogP contribution >= 0.6 is 0 Å². The number of anilines is 1. The summed E-state index contributed by atoms with van der Waals surface area (Å²) in [5, 5.41) is 0. The third-order valence-electron chi connectivity index (χ3n) is 7.06. The zero-order valence-corrected chi connectivity index (χ0v) is 19.8. The molecule has 1 saturated carbocycles. The number of piperidine rings is 1. The summed E-state index contributed by atoms with van der Waals surface area (Å²) in [6, 6.07) is 0. The van der Waals surface area contributed by atoms with E-state index in [2.05, 4.69) is 0 Å². The van der Waals surface area contributed by atoms with Gasteiger partial charge in [-0.2, -0.15) is 17.0 Å². The first-order valence-corrected chi connectivity index (χ1v) is 13.0. The van der Waals surface area contributed by atoms with Crippen molar-refractivity contribution < 1.29 is 13.2 Å². The van der Waals surface area contributed by atoms with Crippen LogP contribution < -0.4 is 4.90 Å². The molecular formula is C22H35N5O3S. The van der Waals surface area contributed by atoms with Crippen LogP contribution in [0.1, 0.15) is 74.4 Å². The Kier molecular flexibility index (Phi) is 6.65. The maximum Gasteiger partial charge on any atom is 0.281 e. The fourth-order valence-electron chi connectivity index (χ4n) is 5.20. The molecule has 1 aromatic rings. The van der Waals surface area contributed by atoms with Gasteiger partial charge in [0.1, 0.15) is 11.6 Å². The van der Waals surface area contributed by atoms with Gasteiger partial charge in [-0.05, 0) is 44.9 Å². The Morgan fingerprint density at radius 1 is 1.03 bits per heavy atom. The molecule has 172 valence electrons. The van der Waals surface area contributed by atoms with Gasteiger partial charge in [-0.25, -0.2) is 9.97 Å². The average Bonchev–Trinajstić information content (AvgIpc) is 2.76. The van der Waals surface area contributed by atoms with E-state index >= 15 is 0 Å². The molecule has 8 nitrogen and oxygen atoms in total. The predicted octanol–water partition coefficient (Wildman–Crippen LogP) is 2.63. The number of nitrogens with zero attached hydrogens (tertiary/aromatic N) is 5. The molecule has 1 saturated heterocycles. The van der Waals surface area contributed by atoms with Crippen LogP contribution in [0.5, 0.6) is 0 Å². The Morgan fingerprint density at radius 3 is 2.48 bits per heavy atom. The van der Waals surface area contributed by atoms with Crippen LogP contribution in [0.3, 0.4) is 0 Å². The molecule has 31 heavy (non-hydrogen) atoms. The molecule has 3 heterocycles. The van der Waals surface area contributed by atoms with E-state index in [4.69, 9.17) is 9.97 Å². The maximum atomic E-state index is 12.9. The van der Waals surface area contributed by atoms with Crippen molar-refractivity contribution in [2.24, 2.45) is 5.92 Å². The first kappa shape index (κ1) is 22.6. The third-order valence-corrected chi connectivity index (χ3v) is 8.96. The van der Waals surface area contributed by atoms with Crippen LogP contribution in [0.15, 0.2) is 0 Å². The van der Waals surface area contributed by atoms with Gasteiger partial charge >= 0.3 is 0 Å². The van der Waals surface area contributed by atoms with E-state index in [0.29, 0.717) is 37.7 Å². The highest BCUT2D eigenvalue weighted by Crippen LogP contribution is 2.34. The second kappa shape index (κ2) is 9.11. The number of carbonyl (C=O) groups excluding carboxylic acids is 1. The van der Waals surface area contributed by atoms with Crippen LogP contribution in [0.4, 0.5) is 5.82 Å². The van der Waals surface area contributed by atoms with Crippen molar-refractivity contribution in [1.29, 1.82) is 0 Å². The minimum atomic E-state index is -3.46. The Bertz CT molecular complexity index is 927. The highest BCUT2D eigenvalue weighted by molar-refractivity contribution is 7.86. The number of carbonyl (C=O) groups is 1. The molecule has 1 aliphatic carbocycles. The Morgan fingerprint density at radius 2 is 1.77 bits per heavy atom. The first-order valence-electron chi connectivity index (χ1n) is 11.6. The number of aryl methyl sites for hydroxylation is 1. The molecule has 0 spiro atoms. The second-order valence-corrected chi connectivity index (χ2v) is 11.6. The molecule has 4 rings (SSSR count). The number of fused-ring (bicyclic) bond motifs is 1. The van der Waals surface area contributed by atoms with Gasteiger partial charge in [0.2, 0.25) is 5.91 Å². The molecule has 3 aliphatic rings. The summed E-state index contributed by atoms with van der Waals surface area (Å²) < 4.78 is 28.1. The van der Waals surface area contributed by atoms with E-state index in [-0.39, 0.29) is 11.8 Å². The molecule has 9 heteroatoms. The lowest BCUT2D eigenvalue weighted by atomic mass is 9.88. The van der Waals surface area contributed by atoms with Crippen molar-refractivity contribution in [3.05, 3.63) is 17.1 Å². The fraction of sp³-hybridized carbons (Fsp3) is 0.773. The SMILES string of the molecule is Cc1nc([C@@H]2CCCN(S(=O)(=O)N(C)C)C2)nc2c1CCC(=O)N2CC1CCCCC1. The van der Waals surface area contributed by atoms with Gasteiger partial charge in [0.15, 0.2) is 0 Å². The van der Waals surface area contributed by atoms with E-state index in [1.165, 1.54) is 40.7 Å². The molecule has 0 N–H and O–H groups in total. The summed E-state index contributed by atoms with van der Waals surface area (Å²) in [5.41, 5.74) is 2.00. The van der Waals surface area contributed by atoms with Crippen molar-refractivity contribution in [1.82, 2.24) is 18.6 Å². The van der Waals surface area contributed by atoms with Gasteiger partial charge in [0.05, 0.1) is 0 Å². The lowest BCUT2D eigenvalue weighted by Crippen LogP contribution is -2.45. The summed E-state index contributed by atoms with van der Waals surface area (Å²) in [6.45, 7) is 3.64. The normalized spacial score (nSPS) is 23.9. The van der Waals surface area contributed by atoms with Gasteiger partial charge in [0, 0.05) is 57.3 Å².